The van der Waals surface area contributed by atoms with Crippen molar-refractivity contribution in [3.8, 4) is 0 Å². The van der Waals surface area contributed by atoms with E-state index in [-0.39, 0.29) is 17.1 Å². The predicted octanol–water partition coefficient (Wildman–Crippen LogP) is 0.841. The number of imidazole rings is 1. The fourth-order valence-corrected chi connectivity index (χ4v) is 6.27. The van der Waals surface area contributed by atoms with E-state index in [0.717, 1.165) is 10.9 Å². The molecule has 17 heteroatoms. The molecule has 7 N–H and O–H groups in total. The molecule has 0 aliphatic carbocycles. The molecule has 7 atom stereocenters. The van der Waals surface area contributed by atoms with Gasteiger partial charge in [-0.25, -0.2) is 9.55 Å². The summed E-state index contributed by atoms with van der Waals surface area (Å²) in [5.41, 5.74) is -0.152. The minimum absolute atomic E-state index is 0.0890. The monoisotopic (exact) mass is 593 g/mol. The number of anilines is 1. The van der Waals surface area contributed by atoms with Gasteiger partial charge in [0.1, 0.15) is 23.4 Å². The Morgan fingerprint density at radius 1 is 1.41 bits per heavy atom. The van der Waals surface area contributed by atoms with Crippen molar-refractivity contribution in [3.05, 3.63) is 16.7 Å². The van der Waals surface area contributed by atoms with Crippen molar-refractivity contribution in [1.29, 1.82) is 0 Å². The van der Waals surface area contributed by atoms with Crippen LogP contribution in [0.1, 0.15) is 60.6 Å². The summed E-state index contributed by atoms with van der Waals surface area (Å²) in [7, 11) is -5.32. The first-order chi connectivity index (χ1) is 17.8. The number of aromatic nitrogens is 4. The Bertz CT molecular complexity index is 1320. The molecule has 1 saturated heterocycles. The molecule has 220 valence electrons. The molecule has 1 aliphatic rings. The Labute approximate surface area is 229 Å². The van der Waals surface area contributed by atoms with E-state index < -0.39 is 65.8 Å². The van der Waals surface area contributed by atoms with Crippen molar-refractivity contribution in [2.75, 3.05) is 5.73 Å². The molecule has 15 nitrogen and oxygen atoms in total. The van der Waals surface area contributed by atoms with E-state index in [4.69, 9.17) is 19.7 Å². The number of carbonyl (C=O) groups excluding carboxylic acids is 1. The average Bonchev–Trinajstić information content (AvgIpc) is 3.27. The zero-order valence-electron chi connectivity index (χ0n) is 22.4. The second-order valence-electron chi connectivity index (χ2n) is 11.0. The fourth-order valence-electron chi connectivity index (χ4n) is 5.23. The molecular weight excluding hydrogens is 557 g/mol. The van der Waals surface area contributed by atoms with E-state index in [1.165, 1.54) is 6.92 Å². The Hall–Kier alpha value is -1.88. The lowest BCUT2D eigenvalue weighted by Gasteiger charge is -2.48. The van der Waals surface area contributed by atoms with Gasteiger partial charge in [0.25, 0.3) is 5.56 Å². The second kappa shape index (κ2) is 10.8. The van der Waals surface area contributed by atoms with Gasteiger partial charge in [-0.2, -0.15) is 4.98 Å². The number of rotatable bonds is 10. The number of nitrogens with two attached hydrogens (primary N) is 1. The van der Waals surface area contributed by atoms with Crippen molar-refractivity contribution in [2.24, 2.45) is 11.3 Å². The smallest absolute Gasteiger partial charge is 0.387 e. The normalized spacial score (nSPS) is 27.4. The number of aliphatic hydroxyl groups is 2. The first-order valence-corrected chi connectivity index (χ1v) is 14.2. The summed E-state index contributed by atoms with van der Waals surface area (Å²) in [4.78, 5) is 55.1. The molecule has 1 fully saturated rings. The van der Waals surface area contributed by atoms with Crippen LogP contribution in [-0.2, 0) is 23.4 Å². The molecule has 0 saturated carbocycles. The maximum Gasteiger partial charge on any atom is 0.472 e. The quantitative estimate of drug-likeness (QED) is 0.115. The molecule has 2 aromatic rings. The molecule has 0 aromatic carbocycles. The van der Waals surface area contributed by atoms with E-state index in [1.807, 2.05) is 6.92 Å². The van der Waals surface area contributed by atoms with E-state index in [0.29, 0.717) is 12.8 Å². The number of H-pyrrole nitrogens is 1. The molecule has 2 aromatic heterocycles. The number of phosphoric ester groups is 1. The molecule has 3 heterocycles. The fraction of sp³-hybridized carbons (Fsp3) is 0.727. The first-order valence-electron chi connectivity index (χ1n) is 12.2. The van der Waals surface area contributed by atoms with Gasteiger partial charge < -0.3 is 35.2 Å². The molecule has 0 amide bonds. The average molecular weight is 594 g/mol. The molecular formula is C22H36N5O10PS. The SMILES string of the molecule is CCCC(C)C(OC(OP(=O)(O)O)[C@H]1O[C@@H](n2cnc3c(=O)[nH]c(N)nc32)[C@](C)(O)[C@@H]1O)(C(=O)S)C(C)(C)C. The van der Waals surface area contributed by atoms with Gasteiger partial charge in [0, 0.05) is 0 Å². The summed E-state index contributed by atoms with van der Waals surface area (Å²) in [6.07, 6.45) is -4.96. The van der Waals surface area contributed by atoms with Gasteiger partial charge in [-0.3, -0.25) is 23.7 Å². The van der Waals surface area contributed by atoms with Crippen LogP contribution in [0.25, 0.3) is 11.2 Å². The maximum atomic E-state index is 13.1. The van der Waals surface area contributed by atoms with Crippen LogP contribution in [-0.4, -0.2) is 74.3 Å². The lowest BCUT2D eigenvalue weighted by atomic mass is 9.68. The maximum absolute atomic E-state index is 13.1. The Balaban J connectivity index is 2.14. The number of hydrogen-bond acceptors (Lipinski definition) is 11. The first kappa shape index (κ1) is 31.6. The zero-order chi connectivity index (χ0) is 29.7. The number of nitrogen functional groups attached to an aromatic ring is 1. The van der Waals surface area contributed by atoms with E-state index in [1.54, 1.807) is 27.7 Å². The van der Waals surface area contributed by atoms with Crippen molar-refractivity contribution < 1.29 is 43.4 Å². The van der Waals surface area contributed by atoms with Crippen LogP contribution < -0.4 is 11.3 Å². The van der Waals surface area contributed by atoms with Crippen LogP contribution in [0.15, 0.2) is 11.1 Å². The highest BCUT2D eigenvalue weighted by atomic mass is 32.1. The Morgan fingerprint density at radius 2 is 2.03 bits per heavy atom. The number of fused-ring (bicyclic) bond motifs is 1. The van der Waals surface area contributed by atoms with Gasteiger partial charge in [0.2, 0.25) is 11.1 Å². The van der Waals surface area contributed by atoms with E-state index in [2.05, 4.69) is 27.6 Å². The summed E-state index contributed by atoms with van der Waals surface area (Å²) >= 11 is 4.08. The van der Waals surface area contributed by atoms with Crippen LogP contribution in [0.5, 0.6) is 0 Å². The number of carbonyl (C=O) groups is 1. The van der Waals surface area contributed by atoms with Gasteiger partial charge in [-0.15, -0.1) is 12.6 Å². The van der Waals surface area contributed by atoms with Crippen LogP contribution >= 0.6 is 20.5 Å². The second-order valence-corrected chi connectivity index (χ2v) is 12.6. The highest BCUT2D eigenvalue weighted by molar-refractivity contribution is 7.96. The molecule has 0 spiro atoms. The number of hydrogen-bond donors (Lipinski definition) is 7. The molecule has 0 radical (unpaired) electrons. The Kier molecular flexibility index (Phi) is 8.79. The topological polar surface area (TPSA) is 232 Å². The summed E-state index contributed by atoms with van der Waals surface area (Å²) in [6, 6.07) is 0. The van der Waals surface area contributed by atoms with Crippen molar-refractivity contribution >= 4 is 42.7 Å². The van der Waals surface area contributed by atoms with Gasteiger partial charge >= 0.3 is 7.82 Å². The number of phosphoric acid groups is 1. The van der Waals surface area contributed by atoms with Crippen molar-refractivity contribution in [3.63, 3.8) is 0 Å². The molecule has 1 aliphatic heterocycles. The van der Waals surface area contributed by atoms with Crippen LogP contribution in [0, 0.1) is 11.3 Å². The third kappa shape index (κ3) is 5.80. The zero-order valence-corrected chi connectivity index (χ0v) is 24.2. The van der Waals surface area contributed by atoms with Crippen LogP contribution in [0.3, 0.4) is 0 Å². The van der Waals surface area contributed by atoms with Gasteiger partial charge in [-0.1, -0.05) is 41.0 Å². The van der Waals surface area contributed by atoms with Gasteiger partial charge in [0.15, 0.2) is 23.7 Å². The van der Waals surface area contributed by atoms with E-state index >= 15 is 0 Å². The highest BCUT2D eigenvalue weighted by Gasteiger charge is 2.61. The van der Waals surface area contributed by atoms with Crippen molar-refractivity contribution in [1.82, 2.24) is 19.5 Å². The number of aliphatic hydroxyl groups excluding tert-OH is 1. The number of aromatic amines is 1. The lowest BCUT2D eigenvalue weighted by Crippen LogP contribution is -2.59. The molecule has 0 bridgehead atoms. The van der Waals surface area contributed by atoms with Crippen LogP contribution in [0.2, 0.25) is 0 Å². The lowest BCUT2D eigenvalue weighted by molar-refractivity contribution is -0.264. The molecule has 3 rings (SSSR count). The summed E-state index contributed by atoms with van der Waals surface area (Å²) in [5, 5.41) is 21.8. The summed E-state index contributed by atoms with van der Waals surface area (Å²) in [6.45, 7) is 9.89. The summed E-state index contributed by atoms with van der Waals surface area (Å²) in [5.74, 6) is -0.774. The molecule has 3 unspecified atom stereocenters. The minimum Gasteiger partial charge on any atom is -0.387 e. The third-order valence-corrected chi connectivity index (χ3v) is 7.87. The van der Waals surface area contributed by atoms with Crippen molar-refractivity contribution in [2.45, 2.75) is 90.3 Å². The third-order valence-electron chi connectivity index (χ3n) is 7.06. The van der Waals surface area contributed by atoms with Gasteiger partial charge in [-0.05, 0) is 24.7 Å². The predicted molar refractivity (Wildman–Crippen MR) is 141 cm³/mol. The summed E-state index contributed by atoms with van der Waals surface area (Å²) < 4.78 is 30.2. The number of nitrogens with zero attached hydrogens (tertiary/aromatic N) is 3. The minimum atomic E-state index is -5.32. The Morgan fingerprint density at radius 3 is 2.54 bits per heavy atom. The molecule has 39 heavy (non-hydrogen) atoms. The number of nitrogens with one attached hydrogen (secondary N) is 1. The van der Waals surface area contributed by atoms with Crippen LogP contribution in [0.4, 0.5) is 5.95 Å². The highest BCUT2D eigenvalue weighted by Crippen LogP contribution is 2.50. The number of thiol groups is 1. The largest absolute Gasteiger partial charge is 0.472 e. The van der Waals surface area contributed by atoms with Gasteiger partial charge in [0.05, 0.1) is 6.33 Å². The number of ether oxygens (including phenoxy) is 2. The standard InChI is InChI=1S/C22H36N5O10PS/c1-7-8-10(2)22(18(30)39,20(3,4)5)36-16(37-38(32,33)34)12-13(28)21(6,31)17(35-12)27-9-24-11-14(27)25-19(23)26-15(11)29/h9-10,12-13,16-17,28,31H,7-8H2,1-6H3,(H,30,39)(H2,32,33,34)(H3,23,25,26,29)/t10?,12-,13+,16?,17+,21+,22?/m0/s1. The van der Waals surface area contributed by atoms with E-state index in [9.17, 15) is 34.2 Å².